The second kappa shape index (κ2) is 7.29. The molecule has 0 spiro atoms. The second-order valence-corrected chi connectivity index (χ2v) is 10.7. The van der Waals surface area contributed by atoms with Gasteiger partial charge in [-0.15, -0.1) is 0 Å². The molecule has 30 heavy (non-hydrogen) atoms. The lowest BCUT2D eigenvalue weighted by molar-refractivity contribution is -0.136. The number of ether oxygens (including phenoxy) is 1. The van der Waals surface area contributed by atoms with Crippen molar-refractivity contribution in [2.24, 2.45) is 11.8 Å². The number of benzene rings is 2. The van der Waals surface area contributed by atoms with E-state index >= 15 is 0 Å². The summed E-state index contributed by atoms with van der Waals surface area (Å²) in [6.07, 6.45) is 2.14. The second-order valence-electron chi connectivity index (χ2n) is 8.90. The molecule has 2 aliphatic carbocycles. The number of fused-ring (bicyclic) bond motifs is 3. The number of Topliss-reactive ketones (excluding diaryl/α,β-unsaturated/α-hetero) is 1. The van der Waals surface area contributed by atoms with Gasteiger partial charge in [-0.05, 0) is 43.0 Å². The van der Waals surface area contributed by atoms with Gasteiger partial charge in [-0.3, -0.25) is 4.79 Å². The fraction of sp³-hybridized carbons (Fsp3) is 0.458. The van der Waals surface area contributed by atoms with Gasteiger partial charge in [-0.2, -0.15) is 4.31 Å². The maximum Gasteiger partial charge on any atom is 0.245 e. The molecule has 158 valence electrons. The van der Waals surface area contributed by atoms with E-state index in [2.05, 4.69) is 0 Å². The van der Waals surface area contributed by atoms with E-state index in [-0.39, 0.29) is 28.7 Å². The van der Waals surface area contributed by atoms with Crippen LogP contribution in [0.25, 0.3) is 0 Å². The van der Waals surface area contributed by atoms with Gasteiger partial charge in [0.25, 0.3) is 0 Å². The maximum absolute atomic E-state index is 13.9. The maximum atomic E-state index is 13.9. The van der Waals surface area contributed by atoms with Crippen LogP contribution in [0.3, 0.4) is 0 Å². The quantitative estimate of drug-likeness (QED) is 0.745. The molecule has 0 N–H and O–H groups in total. The molecule has 0 bridgehead atoms. The topological polar surface area (TPSA) is 63.7 Å². The number of sulfonamides is 1. The van der Waals surface area contributed by atoms with Crippen LogP contribution in [0, 0.1) is 18.8 Å². The molecule has 2 fully saturated rings. The Morgan fingerprint density at radius 3 is 2.53 bits per heavy atom. The number of carbonyl (C=O) groups is 1. The Morgan fingerprint density at radius 2 is 1.77 bits per heavy atom. The van der Waals surface area contributed by atoms with Gasteiger partial charge in [0.2, 0.25) is 10.0 Å². The zero-order chi connectivity index (χ0) is 21.0. The summed E-state index contributed by atoms with van der Waals surface area (Å²) in [5.41, 5.74) is 3.12. The van der Waals surface area contributed by atoms with Crippen LogP contribution in [0.15, 0.2) is 53.4 Å². The summed E-state index contributed by atoms with van der Waals surface area (Å²) in [5.74, 6) is -0.334. The smallest absolute Gasteiger partial charge is 0.245 e. The lowest BCUT2D eigenvalue weighted by Gasteiger charge is -2.35. The first kappa shape index (κ1) is 19.9. The summed E-state index contributed by atoms with van der Waals surface area (Å²) in [6.45, 7) is 3.88. The summed E-state index contributed by atoms with van der Waals surface area (Å²) in [4.78, 5) is 13.3. The lowest BCUT2D eigenvalue weighted by atomic mass is 9.80. The fourth-order valence-corrected chi connectivity index (χ4v) is 7.07. The first-order valence-corrected chi connectivity index (χ1v) is 12.2. The monoisotopic (exact) mass is 425 g/mol. The highest BCUT2D eigenvalue weighted by Crippen LogP contribution is 2.50. The first-order valence-electron chi connectivity index (χ1n) is 10.7. The Balaban J connectivity index is 1.62. The van der Waals surface area contributed by atoms with E-state index in [1.165, 1.54) is 4.31 Å². The highest BCUT2D eigenvalue weighted by atomic mass is 32.2. The standard InChI is InChI=1S/C24H27NO4S/c1-15-10-12-18(13-11-15)30(27,28)25-22-19-8-4-3-7-17(19)14-21(22)29-24(25)20-9-5-6-16(2)23(20)26/h3-4,7-8,10-13,16,20-22,24H,5-6,9,14H2,1-2H3/t16?,20?,21-,22+,24+/m0/s1. The van der Waals surface area contributed by atoms with Crippen molar-refractivity contribution >= 4 is 15.8 Å². The molecule has 5 atom stereocenters. The van der Waals surface area contributed by atoms with Crippen molar-refractivity contribution in [1.82, 2.24) is 4.31 Å². The summed E-state index contributed by atoms with van der Waals surface area (Å²) < 4.78 is 35.7. The third-order valence-corrected chi connectivity index (χ3v) is 8.79. The minimum absolute atomic E-state index is 0.0518. The lowest BCUT2D eigenvalue weighted by Crippen LogP contribution is -2.46. The average Bonchev–Trinajstić information content (AvgIpc) is 3.26. The molecule has 3 aliphatic rings. The third-order valence-electron chi connectivity index (χ3n) is 6.93. The van der Waals surface area contributed by atoms with E-state index in [0.29, 0.717) is 12.8 Å². The number of nitrogens with zero attached hydrogens (tertiary/aromatic N) is 1. The van der Waals surface area contributed by atoms with Crippen molar-refractivity contribution in [2.45, 2.75) is 62.8 Å². The molecule has 2 aromatic carbocycles. The molecule has 5 rings (SSSR count). The molecule has 0 aromatic heterocycles. The van der Waals surface area contributed by atoms with Gasteiger partial charge in [-0.25, -0.2) is 8.42 Å². The number of carbonyl (C=O) groups excluding carboxylic acids is 1. The molecular formula is C24H27NO4S. The molecule has 0 amide bonds. The van der Waals surface area contributed by atoms with Crippen LogP contribution >= 0.6 is 0 Å². The molecule has 0 radical (unpaired) electrons. The van der Waals surface area contributed by atoms with E-state index in [1.807, 2.05) is 50.2 Å². The van der Waals surface area contributed by atoms with Gasteiger partial charge in [0.15, 0.2) is 0 Å². The number of ketones is 1. The molecular weight excluding hydrogens is 398 g/mol. The van der Waals surface area contributed by atoms with Crippen LogP contribution < -0.4 is 0 Å². The van der Waals surface area contributed by atoms with Gasteiger partial charge in [0, 0.05) is 12.3 Å². The highest BCUT2D eigenvalue weighted by Gasteiger charge is 2.56. The number of hydrogen-bond donors (Lipinski definition) is 0. The molecule has 6 heteroatoms. The van der Waals surface area contributed by atoms with Crippen molar-refractivity contribution in [3.05, 3.63) is 65.2 Å². The van der Waals surface area contributed by atoms with Crippen LogP contribution in [0.5, 0.6) is 0 Å². The number of rotatable bonds is 3. The van der Waals surface area contributed by atoms with Crippen molar-refractivity contribution in [2.75, 3.05) is 0 Å². The van der Waals surface area contributed by atoms with Crippen molar-refractivity contribution < 1.29 is 17.9 Å². The van der Waals surface area contributed by atoms with Gasteiger partial charge >= 0.3 is 0 Å². The average molecular weight is 426 g/mol. The Kier molecular flexibility index (Phi) is 4.84. The predicted octanol–water partition coefficient (Wildman–Crippen LogP) is 4.01. The summed E-state index contributed by atoms with van der Waals surface area (Å²) in [5, 5.41) is 0. The first-order chi connectivity index (χ1) is 14.4. The van der Waals surface area contributed by atoms with Crippen LogP contribution in [0.2, 0.25) is 0 Å². The number of aryl methyl sites for hydroxylation is 1. The van der Waals surface area contributed by atoms with Crippen LogP contribution in [0.4, 0.5) is 0 Å². The molecule has 1 aliphatic heterocycles. The molecule has 2 aromatic rings. The van der Waals surface area contributed by atoms with Gasteiger partial charge in [0.05, 0.1) is 23.0 Å². The molecule has 1 saturated heterocycles. The Bertz CT molecular complexity index is 1080. The zero-order valence-corrected chi connectivity index (χ0v) is 18.1. The minimum Gasteiger partial charge on any atom is -0.356 e. The van der Waals surface area contributed by atoms with Gasteiger partial charge in [-0.1, -0.05) is 55.3 Å². The molecule has 5 nitrogen and oxygen atoms in total. The Hall–Kier alpha value is -2.02. The normalized spacial score (nSPS) is 31.5. The third kappa shape index (κ3) is 3.04. The Labute approximate surface area is 178 Å². The fourth-order valence-electron chi connectivity index (χ4n) is 5.33. The van der Waals surface area contributed by atoms with Crippen molar-refractivity contribution in [1.29, 1.82) is 0 Å². The predicted molar refractivity (Wildman–Crippen MR) is 113 cm³/mol. The van der Waals surface area contributed by atoms with E-state index in [9.17, 15) is 13.2 Å². The van der Waals surface area contributed by atoms with Crippen LogP contribution in [-0.4, -0.2) is 30.8 Å². The Morgan fingerprint density at radius 1 is 1.03 bits per heavy atom. The van der Waals surface area contributed by atoms with Crippen molar-refractivity contribution in [3.63, 3.8) is 0 Å². The molecule has 1 heterocycles. The number of hydrogen-bond acceptors (Lipinski definition) is 4. The van der Waals surface area contributed by atoms with Crippen LogP contribution in [0.1, 0.15) is 48.9 Å². The summed E-state index contributed by atoms with van der Waals surface area (Å²) in [6, 6.07) is 14.5. The van der Waals surface area contributed by atoms with Crippen LogP contribution in [-0.2, 0) is 26.0 Å². The largest absolute Gasteiger partial charge is 0.356 e. The minimum atomic E-state index is -3.84. The van der Waals surface area contributed by atoms with E-state index < -0.39 is 22.2 Å². The van der Waals surface area contributed by atoms with Crippen molar-refractivity contribution in [3.8, 4) is 0 Å². The van der Waals surface area contributed by atoms with E-state index in [1.54, 1.807) is 12.1 Å². The van der Waals surface area contributed by atoms with Gasteiger partial charge < -0.3 is 4.74 Å². The summed E-state index contributed by atoms with van der Waals surface area (Å²) >= 11 is 0. The van der Waals surface area contributed by atoms with E-state index in [0.717, 1.165) is 29.5 Å². The highest BCUT2D eigenvalue weighted by molar-refractivity contribution is 7.89. The van der Waals surface area contributed by atoms with E-state index in [4.69, 9.17) is 4.74 Å². The molecule has 2 unspecified atom stereocenters. The SMILES string of the molecule is Cc1ccc(S(=O)(=O)N2[C@@H](C3CCCC(C)C3=O)O[C@H]3Cc4ccccc4[C@H]32)cc1. The summed E-state index contributed by atoms with van der Waals surface area (Å²) in [7, 11) is -3.84. The zero-order valence-electron chi connectivity index (χ0n) is 17.3. The van der Waals surface area contributed by atoms with Gasteiger partial charge in [0.1, 0.15) is 12.0 Å². The molecule has 1 saturated carbocycles.